The number of fused-ring (bicyclic) bond motifs is 1. The second kappa shape index (κ2) is 4.80. The lowest BCUT2D eigenvalue weighted by molar-refractivity contribution is 0.461. The average Bonchev–Trinajstić information content (AvgIpc) is 2.46. The summed E-state index contributed by atoms with van der Waals surface area (Å²) >= 11 is 2.17. The van der Waals surface area contributed by atoms with E-state index in [0.29, 0.717) is 5.31 Å². The molecule has 0 N–H and O–H groups in total. The van der Waals surface area contributed by atoms with Crippen molar-refractivity contribution in [2.24, 2.45) is 5.92 Å². The molecule has 0 radical (unpaired) electrons. The van der Waals surface area contributed by atoms with Crippen molar-refractivity contribution in [3.63, 3.8) is 0 Å². The van der Waals surface area contributed by atoms with Crippen LogP contribution in [0.4, 0.5) is 0 Å². The number of hydrogen-bond donors (Lipinski definition) is 0. The van der Waals surface area contributed by atoms with Crippen LogP contribution < -0.4 is 0 Å². The minimum Gasteiger partial charge on any atom is -0.127 e. The molecule has 90 valence electrons. The maximum atomic E-state index is 2.47. The van der Waals surface area contributed by atoms with E-state index in [1.54, 1.807) is 10.5 Å². The van der Waals surface area contributed by atoms with Crippen LogP contribution in [0.3, 0.4) is 0 Å². The van der Waals surface area contributed by atoms with E-state index in [4.69, 9.17) is 0 Å². The highest BCUT2D eigenvalue weighted by Gasteiger charge is 2.35. The third-order valence-corrected chi connectivity index (χ3v) is 5.98. The molecule has 0 saturated heterocycles. The molecule has 1 saturated carbocycles. The molecule has 0 aromatic heterocycles. The van der Waals surface area contributed by atoms with Crippen LogP contribution in [-0.4, -0.2) is 13.1 Å². The first-order valence-electron chi connectivity index (χ1n) is 6.84. The maximum Gasteiger partial charge on any atom is 0.109 e. The Bertz CT molecular complexity index is 293. The second-order valence-corrected chi connectivity index (χ2v) is 7.92. The summed E-state index contributed by atoms with van der Waals surface area (Å²) < 4.78 is 0. The number of rotatable bonds is 0. The normalized spacial score (nSPS) is 41.2. The topological polar surface area (TPSA) is 0 Å². The lowest BCUT2D eigenvalue weighted by Gasteiger charge is -2.29. The van der Waals surface area contributed by atoms with E-state index < -0.39 is 0 Å². The van der Waals surface area contributed by atoms with E-state index in [1.165, 1.54) is 38.5 Å². The predicted molar refractivity (Wildman–Crippen MR) is 77.9 cm³/mol. The Hall–Kier alpha value is 0.155. The Kier molecular flexibility index (Phi) is 3.78. The van der Waals surface area contributed by atoms with Gasteiger partial charge >= 0.3 is 0 Å². The summed E-state index contributed by atoms with van der Waals surface area (Å²) in [5, 5.41) is 1.44. The van der Waals surface area contributed by atoms with Crippen LogP contribution in [-0.2, 0) is 0 Å². The fourth-order valence-electron chi connectivity index (χ4n) is 3.32. The second-order valence-electron chi connectivity index (χ2n) is 6.47. The first-order valence-corrected chi connectivity index (χ1v) is 7.72. The van der Waals surface area contributed by atoms with Crippen molar-refractivity contribution in [1.82, 2.24) is 0 Å². The van der Waals surface area contributed by atoms with Crippen molar-refractivity contribution in [3.05, 3.63) is 10.5 Å². The molecule has 1 aliphatic carbocycles. The molecular formula is C14H25BS. The van der Waals surface area contributed by atoms with Gasteiger partial charge in [0, 0.05) is 5.25 Å². The van der Waals surface area contributed by atoms with Gasteiger partial charge in [0.2, 0.25) is 0 Å². The molecule has 0 nitrogen and oxygen atoms in total. The fourth-order valence-corrected chi connectivity index (χ4v) is 5.15. The van der Waals surface area contributed by atoms with Gasteiger partial charge in [0.1, 0.15) is 7.85 Å². The van der Waals surface area contributed by atoms with Gasteiger partial charge in [-0.1, -0.05) is 43.5 Å². The summed E-state index contributed by atoms with van der Waals surface area (Å²) in [4.78, 5) is 1.62. The number of hydrogen-bond acceptors (Lipinski definition) is 1. The quantitative estimate of drug-likeness (QED) is 0.568. The highest BCUT2D eigenvalue weighted by atomic mass is 32.2. The molecule has 3 atom stereocenters. The summed E-state index contributed by atoms with van der Waals surface area (Å²) in [5.41, 5.74) is 1.70. The van der Waals surface area contributed by atoms with Crippen molar-refractivity contribution in [1.29, 1.82) is 0 Å². The molecule has 1 heterocycles. The third-order valence-electron chi connectivity index (χ3n) is 4.51. The van der Waals surface area contributed by atoms with Crippen LogP contribution in [0.1, 0.15) is 59.3 Å². The van der Waals surface area contributed by atoms with Crippen molar-refractivity contribution in [2.75, 3.05) is 0 Å². The smallest absolute Gasteiger partial charge is 0.109 e. The molecular weight excluding hydrogens is 211 g/mol. The predicted octanol–water partition coefficient (Wildman–Crippen LogP) is 4.18. The van der Waals surface area contributed by atoms with Gasteiger partial charge in [0.15, 0.2) is 0 Å². The fraction of sp³-hybridized carbons (Fsp3) is 0.857. The summed E-state index contributed by atoms with van der Waals surface area (Å²) in [5.74, 6) is 0.891. The first-order chi connectivity index (χ1) is 7.49. The SMILES string of the molecule is BC1(C)CCCCCC2C(C)=C(C)SC2C1. The molecule has 2 aliphatic rings. The Balaban J connectivity index is 2.14. The van der Waals surface area contributed by atoms with Crippen LogP contribution in [0.5, 0.6) is 0 Å². The molecule has 2 heteroatoms. The molecule has 1 aliphatic heterocycles. The zero-order valence-electron chi connectivity index (χ0n) is 11.3. The number of thioether (sulfide) groups is 1. The molecule has 1 fully saturated rings. The van der Waals surface area contributed by atoms with Gasteiger partial charge in [-0.2, -0.15) is 0 Å². The van der Waals surface area contributed by atoms with Gasteiger partial charge in [-0.15, -0.1) is 11.8 Å². The minimum atomic E-state index is 0.561. The molecule has 3 unspecified atom stereocenters. The first kappa shape index (κ1) is 12.6. The average molecular weight is 236 g/mol. The van der Waals surface area contributed by atoms with Gasteiger partial charge in [-0.3, -0.25) is 0 Å². The molecule has 0 aromatic rings. The van der Waals surface area contributed by atoms with Crippen molar-refractivity contribution < 1.29 is 0 Å². The third kappa shape index (κ3) is 2.69. The van der Waals surface area contributed by atoms with E-state index >= 15 is 0 Å². The van der Waals surface area contributed by atoms with Gasteiger partial charge in [0.25, 0.3) is 0 Å². The zero-order chi connectivity index (χ0) is 11.8. The zero-order valence-corrected chi connectivity index (χ0v) is 12.1. The molecule has 2 rings (SSSR count). The van der Waals surface area contributed by atoms with Crippen LogP contribution in [0.25, 0.3) is 0 Å². The van der Waals surface area contributed by atoms with Gasteiger partial charge in [-0.25, -0.2) is 0 Å². The monoisotopic (exact) mass is 236 g/mol. The molecule has 0 bridgehead atoms. The standard InChI is InChI=1S/C14H25BS/c1-10-11(2)16-13-9-14(3,15)8-6-4-5-7-12(10)13/h12-13H,4-9,15H2,1-3H3. The van der Waals surface area contributed by atoms with Crippen LogP contribution >= 0.6 is 11.8 Å². The van der Waals surface area contributed by atoms with Crippen molar-refractivity contribution >= 4 is 19.6 Å². The van der Waals surface area contributed by atoms with E-state index in [1.807, 2.05) is 0 Å². The Morgan fingerprint density at radius 2 is 2.00 bits per heavy atom. The summed E-state index contributed by atoms with van der Waals surface area (Å²) in [6.07, 6.45) is 8.62. The summed E-state index contributed by atoms with van der Waals surface area (Å²) in [6, 6.07) is 0. The lowest BCUT2D eigenvalue weighted by atomic mass is 9.64. The van der Waals surface area contributed by atoms with Gasteiger partial charge in [-0.05, 0) is 37.5 Å². The van der Waals surface area contributed by atoms with Crippen LogP contribution in [0.2, 0.25) is 5.31 Å². The van der Waals surface area contributed by atoms with E-state index in [-0.39, 0.29) is 0 Å². The Labute approximate surface area is 106 Å². The van der Waals surface area contributed by atoms with Gasteiger partial charge < -0.3 is 0 Å². The lowest BCUT2D eigenvalue weighted by Crippen LogP contribution is -2.20. The molecule has 0 amide bonds. The summed E-state index contributed by atoms with van der Waals surface area (Å²) in [7, 11) is 2.47. The Morgan fingerprint density at radius 1 is 1.25 bits per heavy atom. The van der Waals surface area contributed by atoms with Crippen molar-refractivity contribution in [3.8, 4) is 0 Å². The van der Waals surface area contributed by atoms with E-state index in [2.05, 4.69) is 40.4 Å². The maximum absolute atomic E-state index is 2.47. The molecule has 0 spiro atoms. The van der Waals surface area contributed by atoms with Gasteiger partial charge in [0.05, 0.1) is 0 Å². The largest absolute Gasteiger partial charge is 0.127 e. The highest BCUT2D eigenvalue weighted by molar-refractivity contribution is 8.03. The summed E-state index contributed by atoms with van der Waals surface area (Å²) in [6.45, 7) is 7.17. The van der Waals surface area contributed by atoms with E-state index in [9.17, 15) is 0 Å². The van der Waals surface area contributed by atoms with E-state index in [0.717, 1.165) is 11.2 Å². The number of allylic oxidation sites excluding steroid dienone is 2. The molecule has 16 heavy (non-hydrogen) atoms. The van der Waals surface area contributed by atoms with Crippen LogP contribution in [0.15, 0.2) is 10.5 Å². The minimum absolute atomic E-state index is 0.561. The Morgan fingerprint density at radius 3 is 2.75 bits per heavy atom. The van der Waals surface area contributed by atoms with Crippen LogP contribution in [0, 0.1) is 5.92 Å². The van der Waals surface area contributed by atoms with Crippen molar-refractivity contribution in [2.45, 2.75) is 69.9 Å². The highest BCUT2D eigenvalue weighted by Crippen LogP contribution is 2.51. The molecule has 0 aromatic carbocycles.